The summed E-state index contributed by atoms with van der Waals surface area (Å²) in [7, 11) is 3.57. The van der Waals surface area contributed by atoms with Crippen molar-refractivity contribution < 1.29 is 9.84 Å². The van der Waals surface area contributed by atoms with Gasteiger partial charge < -0.3 is 15.6 Å². The quantitative estimate of drug-likeness (QED) is 0.733. The molecule has 0 radical (unpaired) electrons. The fourth-order valence-corrected chi connectivity index (χ4v) is 1.81. The minimum Gasteiger partial charge on any atom is -0.399 e. The van der Waals surface area contributed by atoms with Crippen molar-refractivity contribution in [3.8, 4) is 0 Å². The summed E-state index contributed by atoms with van der Waals surface area (Å²) in [6.45, 7) is 3.02. The summed E-state index contributed by atoms with van der Waals surface area (Å²) in [5.74, 6) is 0. The molecule has 0 aromatic heterocycles. The molecule has 0 spiro atoms. The van der Waals surface area contributed by atoms with Gasteiger partial charge in [-0.15, -0.1) is 0 Å². The Bertz CT molecular complexity index is 344. The van der Waals surface area contributed by atoms with Gasteiger partial charge in [0.15, 0.2) is 0 Å². The van der Waals surface area contributed by atoms with E-state index in [1.54, 1.807) is 7.11 Å². The lowest BCUT2D eigenvalue weighted by Crippen LogP contribution is -2.33. The number of nitrogens with two attached hydrogens (primary N) is 1. The lowest BCUT2D eigenvalue weighted by molar-refractivity contribution is 0.0357. The second-order valence-electron chi connectivity index (χ2n) is 4.39. The summed E-state index contributed by atoms with van der Waals surface area (Å²) in [5.41, 5.74) is 7.67. The van der Waals surface area contributed by atoms with Crippen LogP contribution in [0.5, 0.6) is 0 Å². The van der Waals surface area contributed by atoms with E-state index in [9.17, 15) is 5.11 Å². The van der Waals surface area contributed by atoms with E-state index in [4.69, 9.17) is 10.5 Å². The third-order valence-electron chi connectivity index (χ3n) is 2.91. The number of nitrogen functional groups attached to an aromatic ring is 1. The Morgan fingerprint density at radius 1 is 1.47 bits per heavy atom. The zero-order valence-electron chi connectivity index (χ0n) is 10.8. The number of anilines is 1. The highest BCUT2D eigenvalue weighted by atomic mass is 16.5. The zero-order valence-corrected chi connectivity index (χ0v) is 10.8. The van der Waals surface area contributed by atoms with Crippen molar-refractivity contribution in [2.75, 3.05) is 33.0 Å². The molecule has 0 saturated heterocycles. The van der Waals surface area contributed by atoms with Crippen molar-refractivity contribution in [1.29, 1.82) is 0 Å². The van der Waals surface area contributed by atoms with Gasteiger partial charge in [-0.05, 0) is 31.7 Å². The highest BCUT2D eigenvalue weighted by Crippen LogP contribution is 2.20. The molecule has 0 heterocycles. The number of hydrogen-bond acceptors (Lipinski definition) is 4. The van der Waals surface area contributed by atoms with E-state index in [0.717, 1.165) is 11.3 Å². The van der Waals surface area contributed by atoms with E-state index in [1.165, 1.54) is 0 Å². The predicted octanol–water partition coefficient (Wildman–Crippen LogP) is 1.27. The Kier molecular flexibility index (Phi) is 5.41. The molecular weight excluding hydrogens is 216 g/mol. The monoisotopic (exact) mass is 238 g/mol. The Morgan fingerprint density at radius 3 is 2.76 bits per heavy atom. The highest BCUT2D eigenvalue weighted by Gasteiger charge is 2.15. The summed E-state index contributed by atoms with van der Waals surface area (Å²) in [6, 6.07) is 8.03. The summed E-state index contributed by atoms with van der Waals surface area (Å²) in [6.07, 6.45) is -0.464. The van der Waals surface area contributed by atoms with Gasteiger partial charge in [0, 0.05) is 25.4 Å². The molecular formula is C13H22N2O2. The molecule has 0 fully saturated rings. The van der Waals surface area contributed by atoms with Crippen LogP contribution >= 0.6 is 0 Å². The van der Waals surface area contributed by atoms with Crippen molar-refractivity contribution in [3.63, 3.8) is 0 Å². The Hall–Kier alpha value is -1.10. The summed E-state index contributed by atoms with van der Waals surface area (Å²) in [5, 5.41) is 9.68. The lowest BCUT2D eigenvalue weighted by Gasteiger charge is -2.27. The third kappa shape index (κ3) is 4.34. The number of likely N-dealkylation sites (N-methyl/N-ethyl adjacent to an activating group) is 1. The van der Waals surface area contributed by atoms with Crippen LogP contribution in [0.1, 0.15) is 18.5 Å². The molecule has 0 aliphatic heterocycles. The normalized spacial score (nSPS) is 14.9. The molecule has 2 atom stereocenters. The number of aliphatic hydroxyl groups excluding tert-OH is 1. The highest BCUT2D eigenvalue weighted by molar-refractivity contribution is 5.41. The number of benzene rings is 1. The molecule has 3 N–H and O–H groups in total. The van der Waals surface area contributed by atoms with Crippen LogP contribution in [0.15, 0.2) is 24.3 Å². The summed E-state index contributed by atoms with van der Waals surface area (Å²) >= 11 is 0. The maximum absolute atomic E-state index is 9.68. The topological polar surface area (TPSA) is 58.7 Å². The van der Waals surface area contributed by atoms with Crippen LogP contribution in [0.25, 0.3) is 0 Å². The second kappa shape index (κ2) is 6.59. The first-order valence-electron chi connectivity index (χ1n) is 5.77. The van der Waals surface area contributed by atoms with Crippen LogP contribution in [-0.2, 0) is 4.74 Å². The van der Waals surface area contributed by atoms with Gasteiger partial charge in [0.05, 0.1) is 12.7 Å². The first-order chi connectivity index (χ1) is 8.04. The van der Waals surface area contributed by atoms with Crippen LogP contribution in [0.4, 0.5) is 5.69 Å². The molecule has 1 aromatic rings. The SMILES string of the molecule is COCC(O)CN(C)C(C)c1cccc(N)c1. The van der Waals surface area contributed by atoms with Gasteiger partial charge in [-0.2, -0.15) is 0 Å². The molecule has 96 valence electrons. The second-order valence-corrected chi connectivity index (χ2v) is 4.39. The largest absolute Gasteiger partial charge is 0.399 e. The van der Waals surface area contributed by atoms with Crippen molar-refractivity contribution in [2.24, 2.45) is 0 Å². The van der Waals surface area contributed by atoms with Crippen LogP contribution in [0, 0.1) is 0 Å². The van der Waals surface area contributed by atoms with E-state index < -0.39 is 6.10 Å². The molecule has 0 aliphatic rings. The average molecular weight is 238 g/mol. The summed E-state index contributed by atoms with van der Waals surface area (Å²) < 4.78 is 4.91. The Morgan fingerprint density at radius 2 is 2.18 bits per heavy atom. The molecule has 1 rings (SSSR count). The Balaban J connectivity index is 2.60. The van der Waals surface area contributed by atoms with E-state index in [2.05, 4.69) is 11.8 Å². The van der Waals surface area contributed by atoms with Crippen LogP contribution in [0.3, 0.4) is 0 Å². The minimum absolute atomic E-state index is 0.213. The molecule has 1 aromatic carbocycles. The first kappa shape index (κ1) is 14.0. The fourth-order valence-electron chi connectivity index (χ4n) is 1.81. The van der Waals surface area contributed by atoms with E-state index in [-0.39, 0.29) is 6.04 Å². The average Bonchev–Trinajstić information content (AvgIpc) is 2.28. The van der Waals surface area contributed by atoms with Gasteiger partial charge >= 0.3 is 0 Å². The van der Waals surface area contributed by atoms with Crippen LogP contribution in [0.2, 0.25) is 0 Å². The number of aliphatic hydroxyl groups is 1. The van der Waals surface area contributed by atoms with Crippen molar-refractivity contribution in [2.45, 2.75) is 19.1 Å². The number of hydrogen-bond donors (Lipinski definition) is 2. The number of ether oxygens (including phenoxy) is 1. The maximum Gasteiger partial charge on any atom is 0.0900 e. The Labute approximate surface area is 103 Å². The lowest BCUT2D eigenvalue weighted by atomic mass is 10.1. The van der Waals surface area contributed by atoms with Gasteiger partial charge in [-0.3, -0.25) is 4.90 Å². The fraction of sp³-hybridized carbons (Fsp3) is 0.538. The number of methoxy groups -OCH3 is 1. The molecule has 0 bridgehead atoms. The van der Waals surface area contributed by atoms with Gasteiger partial charge in [0.2, 0.25) is 0 Å². The number of rotatable bonds is 6. The standard InChI is InChI=1S/C13H22N2O2/c1-10(11-5-4-6-12(14)7-11)15(2)8-13(16)9-17-3/h4-7,10,13,16H,8-9,14H2,1-3H3. The van der Waals surface area contributed by atoms with E-state index in [1.807, 2.05) is 31.3 Å². The molecule has 17 heavy (non-hydrogen) atoms. The van der Waals surface area contributed by atoms with Crippen LogP contribution < -0.4 is 5.73 Å². The van der Waals surface area contributed by atoms with Gasteiger partial charge in [-0.1, -0.05) is 12.1 Å². The number of nitrogens with zero attached hydrogens (tertiary/aromatic N) is 1. The molecule has 2 unspecified atom stereocenters. The molecule has 0 saturated carbocycles. The van der Waals surface area contributed by atoms with E-state index in [0.29, 0.717) is 13.2 Å². The minimum atomic E-state index is -0.464. The van der Waals surface area contributed by atoms with Gasteiger partial charge in [0.1, 0.15) is 0 Å². The van der Waals surface area contributed by atoms with E-state index >= 15 is 0 Å². The van der Waals surface area contributed by atoms with Crippen molar-refractivity contribution in [3.05, 3.63) is 29.8 Å². The zero-order chi connectivity index (χ0) is 12.8. The van der Waals surface area contributed by atoms with Crippen molar-refractivity contribution in [1.82, 2.24) is 4.90 Å². The van der Waals surface area contributed by atoms with Gasteiger partial charge in [-0.25, -0.2) is 0 Å². The molecule has 4 nitrogen and oxygen atoms in total. The smallest absolute Gasteiger partial charge is 0.0900 e. The van der Waals surface area contributed by atoms with Crippen LogP contribution in [-0.4, -0.2) is 43.4 Å². The maximum atomic E-state index is 9.68. The summed E-state index contributed by atoms with van der Waals surface area (Å²) in [4.78, 5) is 2.08. The van der Waals surface area contributed by atoms with Crippen molar-refractivity contribution >= 4 is 5.69 Å². The molecule has 4 heteroatoms. The third-order valence-corrected chi connectivity index (χ3v) is 2.91. The first-order valence-corrected chi connectivity index (χ1v) is 5.77. The molecule has 0 aliphatic carbocycles. The predicted molar refractivity (Wildman–Crippen MR) is 69.8 cm³/mol. The molecule has 0 amide bonds. The van der Waals surface area contributed by atoms with Gasteiger partial charge in [0.25, 0.3) is 0 Å².